The molecule has 1 amide bonds. The number of amides is 1. The van der Waals surface area contributed by atoms with E-state index in [1.54, 1.807) is 30.3 Å². The van der Waals surface area contributed by atoms with E-state index in [0.717, 1.165) is 11.1 Å². The van der Waals surface area contributed by atoms with Gasteiger partial charge in [-0.05, 0) is 60.9 Å². The highest BCUT2D eigenvalue weighted by atomic mass is 32.2. The first-order valence-corrected chi connectivity index (χ1v) is 11.1. The van der Waals surface area contributed by atoms with Crippen molar-refractivity contribution >= 4 is 27.3 Å². The van der Waals surface area contributed by atoms with E-state index in [-0.39, 0.29) is 17.4 Å². The standard InChI is InChI=1S/C23H24N2O4S/c1-3-18-9-5-6-10-21(18)25-30(27,28)20-14-12-19(13-15-20)24-23(26)16-29-22-11-7-4-8-17(22)2/h4-15,25H,3,16H2,1-2H3,(H,24,26). The first-order chi connectivity index (χ1) is 14.4. The van der Waals surface area contributed by atoms with Crippen LogP contribution in [0.3, 0.4) is 0 Å². The van der Waals surface area contributed by atoms with Gasteiger partial charge >= 0.3 is 0 Å². The minimum Gasteiger partial charge on any atom is -0.483 e. The zero-order valence-electron chi connectivity index (χ0n) is 16.9. The highest BCUT2D eigenvalue weighted by Crippen LogP contribution is 2.22. The van der Waals surface area contributed by atoms with Crippen molar-refractivity contribution in [2.75, 3.05) is 16.6 Å². The molecular formula is C23H24N2O4S. The van der Waals surface area contributed by atoms with Crippen LogP contribution in [0.1, 0.15) is 18.1 Å². The Balaban J connectivity index is 1.62. The van der Waals surface area contributed by atoms with Gasteiger partial charge in [0, 0.05) is 5.69 Å². The van der Waals surface area contributed by atoms with Crippen LogP contribution in [0.15, 0.2) is 77.7 Å². The Kier molecular flexibility index (Phi) is 6.74. The van der Waals surface area contributed by atoms with Crippen molar-refractivity contribution in [3.05, 3.63) is 83.9 Å². The summed E-state index contributed by atoms with van der Waals surface area (Å²) in [6, 6.07) is 20.7. The minimum atomic E-state index is -3.73. The van der Waals surface area contributed by atoms with Crippen LogP contribution in [0.4, 0.5) is 11.4 Å². The Labute approximate surface area is 177 Å². The highest BCUT2D eigenvalue weighted by Gasteiger charge is 2.16. The molecule has 0 fully saturated rings. The van der Waals surface area contributed by atoms with Gasteiger partial charge in [-0.15, -0.1) is 0 Å². The number of nitrogens with one attached hydrogen (secondary N) is 2. The summed E-state index contributed by atoms with van der Waals surface area (Å²) in [6.45, 7) is 3.73. The van der Waals surface area contributed by atoms with Crippen molar-refractivity contribution in [2.45, 2.75) is 25.2 Å². The average molecular weight is 425 g/mol. The van der Waals surface area contributed by atoms with Gasteiger partial charge in [0.2, 0.25) is 0 Å². The third-order valence-corrected chi connectivity index (χ3v) is 5.92. The SMILES string of the molecule is CCc1ccccc1NS(=O)(=O)c1ccc(NC(=O)COc2ccccc2C)cc1. The molecule has 0 aliphatic carbocycles. The Bertz CT molecular complexity index is 1130. The number of rotatable bonds is 8. The molecule has 0 saturated carbocycles. The first-order valence-electron chi connectivity index (χ1n) is 9.58. The third-order valence-electron chi connectivity index (χ3n) is 4.54. The molecule has 30 heavy (non-hydrogen) atoms. The van der Waals surface area contributed by atoms with E-state index >= 15 is 0 Å². The smallest absolute Gasteiger partial charge is 0.262 e. The summed E-state index contributed by atoms with van der Waals surface area (Å²) < 4.78 is 33.5. The molecule has 0 spiro atoms. The summed E-state index contributed by atoms with van der Waals surface area (Å²) in [5, 5.41) is 2.70. The predicted molar refractivity (Wildman–Crippen MR) is 118 cm³/mol. The molecule has 156 valence electrons. The number of carbonyl (C=O) groups excluding carboxylic acids is 1. The average Bonchev–Trinajstić information content (AvgIpc) is 2.74. The number of sulfonamides is 1. The molecule has 2 N–H and O–H groups in total. The highest BCUT2D eigenvalue weighted by molar-refractivity contribution is 7.92. The number of hydrogen-bond acceptors (Lipinski definition) is 4. The van der Waals surface area contributed by atoms with Gasteiger partial charge in [-0.25, -0.2) is 8.42 Å². The maximum Gasteiger partial charge on any atom is 0.262 e. The Morgan fingerprint density at radius 2 is 1.60 bits per heavy atom. The lowest BCUT2D eigenvalue weighted by molar-refractivity contribution is -0.118. The van der Waals surface area contributed by atoms with Gasteiger partial charge in [-0.3, -0.25) is 9.52 Å². The molecule has 0 bridgehead atoms. The molecule has 0 heterocycles. The van der Waals surface area contributed by atoms with Gasteiger partial charge in [-0.2, -0.15) is 0 Å². The van der Waals surface area contributed by atoms with Gasteiger partial charge in [0.25, 0.3) is 15.9 Å². The second kappa shape index (κ2) is 9.45. The fraction of sp³-hybridized carbons (Fsp3) is 0.174. The van der Waals surface area contributed by atoms with E-state index in [1.807, 2.05) is 44.2 Å². The maximum atomic E-state index is 12.7. The summed E-state index contributed by atoms with van der Waals surface area (Å²) in [5.41, 5.74) is 2.91. The fourth-order valence-electron chi connectivity index (χ4n) is 2.91. The number of para-hydroxylation sites is 2. The van der Waals surface area contributed by atoms with Crippen LogP contribution >= 0.6 is 0 Å². The first kappa shape index (κ1) is 21.4. The summed E-state index contributed by atoms with van der Waals surface area (Å²) in [5.74, 6) is 0.316. The second-order valence-corrected chi connectivity index (χ2v) is 8.43. The van der Waals surface area contributed by atoms with Crippen molar-refractivity contribution in [3.8, 4) is 5.75 Å². The topological polar surface area (TPSA) is 84.5 Å². The molecule has 0 atom stereocenters. The van der Waals surface area contributed by atoms with Crippen molar-refractivity contribution in [3.63, 3.8) is 0 Å². The van der Waals surface area contributed by atoms with Gasteiger partial charge < -0.3 is 10.1 Å². The van der Waals surface area contributed by atoms with Crippen molar-refractivity contribution in [2.24, 2.45) is 0 Å². The molecule has 0 aliphatic rings. The van der Waals surface area contributed by atoms with E-state index in [4.69, 9.17) is 4.74 Å². The van der Waals surface area contributed by atoms with Crippen LogP contribution in [0.2, 0.25) is 0 Å². The van der Waals surface area contributed by atoms with E-state index in [1.165, 1.54) is 12.1 Å². The van der Waals surface area contributed by atoms with E-state index in [0.29, 0.717) is 23.5 Å². The van der Waals surface area contributed by atoms with E-state index < -0.39 is 10.0 Å². The fourth-order valence-corrected chi connectivity index (χ4v) is 4.01. The van der Waals surface area contributed by atoms with Gasteiger partial charge in [0.05, 0.1) is 10.6 Å². The van der Waals surface area contributed by atoms with Crippen molar-refractivity contribution in [1.82, 2.24) is 0 Å². The lowest BCUT2D eigenvalue weighted by Gasteiger charge is -2.12. The molecule has 7 heteroatoms. The Hall–Kier alpha value is -3.32. The van der Waals surface area contributed by atoms with Gasteiger partial charge in [0.1, 0.15) is 5.75 Å². The molecule has 3 rings (SSSR count). The van der Waals surface area contributed by atoms with Crippen LogP contribution in [0.5, 0.6) is 5.75 Å². The summed E-state index contributed by atoms with van der Waals surface area (Å²) in [4.78, 5) is 12.2. The largest absolute Gasteiger partial charge is 0.483 e. The number of anilines is 2. The van der Waals surface area contributed by atoms with Gasteiger partial charge in [0.15, 0.2) is 6.61 Å². The van der Waals surface area contributed by atoms with Gasteiger partial charge in [-0.1, -0.05) is 43.3 Å². The second-order valence-electron chi connectivity index (χ2n) is 6.74. The monoisotopic (exact) mass is 424 g/mol. The molecule has 0 radical (unpaired) electrons. The summed E-state index contributed by atoms with van der Waals surface area (Å²) in [7, 11) is -3.73. The van der Waals surface area contributed by atoms with Crippen LogP contribution in [-0.4, -0.2) is 20.9 Å². The molecule has 0 unspecified atom stereocenters. The minimum absolute atomic E-state index is 0.113. The quantitative estimate of drug-likeness (QED) is 0.562. The molecule has 6 nitrogen and oxygen atoms in total. The van der Waals surface area contributed by atoms with Crippen molar-refractivity contribution in [1.29, 1.82) is 0 Å². The Morgan fingerprint density at radius 1 is 0.933 bits per heavy atom. The lowest BCUT2D eigenvalue weighted by atomic mass is 10.1. The lowest BCUT2D eigenvalue weighted by Crippen LogP contribution is -2.20. The summed E-state index contributed by atoms with van der Waals surface area (Å²) in [6.07, 6.45) is 0.717. The molecule has 0 aliphatic heterocycles. The number of carbonyl (C=O) groups is 1. The van der Waals surface area contributed by atoms with Crippen molar-refractivity contribution < 1.29 is 17.9 Å². The number of benzene rings is 3. The van der Waals surface area contributed by atoms with E-state index in [2.05, 4.69) is 10.0 Å². The number of hydrogen-bond donors (Lipinski definition) is 2. The van der Waals surface area contributed by atoms with Crippen LogP contribution in [0, 0.1) is 6.92 Å². The zero-order chi connectivity index (χ0) is 21.6. The maximum absolute atomic E-state index is 12.7. The van der Waals surface area contributed by atoms with Crippen LogP contribution in [0.25, 0.3) is 0 Å². The number of ether oxygens (including phenoxy) is 1. The molecular weight excluding hydrogens is 400 g/mol. The number of aryl methyl sites for hydroxylation is 2. The normalized spacial score (nSPS) is 11.0. The molecule has 0 aromatic heterocycles. The third kappa shape index (κ3) is 5.39. The zero-order valence-corrected chi connectivity index (χ0v) is 17.7. The molecule has 3 aromatic rings. The predicted octanol–water partition coefficient (Wildman–Crippen LogP) is 4.38. The van der Waals surface area contributed by atoms with Crippen LogP contribution < -0.4 is 14.8 Å². The van der Waals surface area contributed by atoms with Crippen LogP contribution in [-0.2, 0) is 21.2 Å². The van der Waals surface area contributed by atoms with E-state index in [9.17, 15) is 13.2 Å². The molecule has 0 saturated heterocycles. The summed E-state index contributed by atoms with van der Waals surface area (Å²) >= 11 is 0. The molecule has 3 aromatic carbocycles. The Morgan fingerprint density at radius 3 is 2.30 bits per heavy atom.